The first kappa shape index (κ1) is 107. The van der Waals surface area contributed by atoms with E-state index >= 15 is 0 Å². The lowest BCUT2D eigenvalue weighted by molar-refractivity contribution is -0.138. The molecule has 0 unspecified atom stereocenters. The fourth-order valence-corrected chi connectivity index (χ4v) is 18.3. The maximum absolute atomic E-state index is 13.1. The van der Waals surface area contributed by atoms with Gasteiger partial charge in [-0.25, -0.2) is 0 Å². The minimum Gasteiger partial charge on any atom is -0.508 e. The Morgan fingerprint density at radius 2 is 0.537 bits per heavy atom. The zero-order valence-corrected chi connectivity index (χ0v) is 80.6. The number of ether oxygens (including phenoxy) is 3. The number of hydrogen-bond donors (Lipinski definition) is 3. The van der Waals surface area contributed by atoms with Crippen LogP contribution in [0, 0.1) is 68.0 Å². The molecule has 5 N–H and O–H groups in total. The van der Waals surface area contributed by atoms with Crippen LogP contribution in [-0.2, 0) is 76.3 Å². The zero-order chi connectivity index (χ0) is 108. The number of hydrogen-bond acceptors (Lipinski definition) is 13. The molecule has 6 aromatic heterocycles. The number of nitriles is 6. The van der Waals surface area contributed by atoms with Crippen LogP contribution in [0.1, 0.15) is 108 Å². The molecule has 0 saturated carbocycles. The molecule has 1 aliphatic heterocycles. The lowest BCUT2D eigenvalue weighted by atomic mass is 10.0. The fourth-order valence-electron chi connectivity index (χ4n) is 18.3. The molecule has 19 nitrogen and oxygen atoms in total. The lowest BCUT2D eigenvalue weighted by Gasteiger charge is -2.14. The van der Waals surface area contributed by atoms with Gasteiger partial charge in [0.05, 0.1) is 141 Å². The van der Waals surface area contributed by atoms with Crippen molar-refractivity contribution in [3.8, 4) is 127 Å². The molecule has 0 amide bonds. The minimum absolute atomic E-state index is 0.0794. The molecule has 0 fully saturated rings. The van der Waals surface area contributed by atoms with Crippen LogP contribution in [0.3, 0.4) is 0 Å². The van der Waals surface area contributed by atoms with E-state index in [2.05, 4.69) is 36.4 Å². The number of phenols is 1. The first-order valence-electron chi connectivity index (χ1n) is 45.9. The van der Waals surface area contributed by atoms with Crippen LogP contribution in [0.4, 0.5) is 96.1 Å². The molecule has 149 heavy (non-hydrogen) atoms. The molecule has 0 radical (unpaired) electrons. The van der Waals surface area contributed by atoms with Crippen LogP contribution in [0.2, 0.25) is 0 Å². The monoisotopic (exact) mass is 2050 g/mol. The number of phenolic OH excluding ortho intramolecular Hbond substituents is 1. The second-order valence-corrected chi connectivity index (χ2v) is 33.9. The summed E-state index contributed by atoms with van der Waals surface area (Å²) in [5, 5.41) is 70.1. The van der Waals surface area contributed by atoms with Crippen molar-refractivity contribution >= 4 is 82.5 Å². The summed E-state index contributed by atoms with van der Waals surface area (Å²) >= 11 is 0. The van der Waals surface area contributed by atoms with Gasteiger partial charge in [0.2, 0.25) is 6.79 Å². The molecule has 18 aromatic rings. The Labute approximate surface area is 840 Å². The highest BCUT2D eigenvalue weighted by Gasteiger charge is 2.39. The summed E-state index contributed by atoms with van der Waals surface area (Å²) in [6, 6.07) is 73.8. The number of nitrogens with zero attached hydrogens (tertiary/aromatic N) is 13. The second-order valence-electron chi connectivity index (χ2n) is 33.9. The van der Waals surface area contributed by atoms with E-state index in [-0.39, 0.29) is 12.5 Å². The number of aromatic hydroxyl groups is 1. The number of halogens is 18. The van der Waals surface area contributed by atoms with Gasteiger partial charge in [-0.15, -0.1) is 0 Å². The van der Waals surface area contributed by atoms with Crippen molar-refractivity contribution in [3.63, 3.8) is 0 Å². The summed E-state index contributed by atoms with van der Waals surface area (Å²) in [6.07, 6.45) is -26.6. The van der Waals surface area contributed by atoms with Gasteiger partial charge in [-0.05, 0) is 240 Å². The first-order chi connectivity index (χ1) is 70.7. The topological polar surface area (TPSA) is 276 Å². The number of nitrogen functional groups attached to an aromatic ring is 2. The normalized spacial score (nSPS) is 11.9. The number of rotatable bonds is 14. The Hall–Kier alpha value is -17.8. The molecular formula is C112H87F18N15O4. The van der Waals surface area contributed by atoms with E-state index in [1.54, 1.807) is 138 Å². The fraction of sp³-hybridized carbons (Fsp3) is 0.196. The van der Waals surface area contributed by atoms with Gasteiger partial charge in [-0.2, -0.15) is 111 Å². The van der Waals surface area contributed by atoms with Crippen molar-refractivity contribution in [1.82, 2.24) is 27.4 Å². The molecule has 0 saturated heterocycles. The number of alkyl halides is 18. The van der Waals surface area contributed by atoms with E-state index < -0.39 is 70.4 Å². The molecule has 760 valence electrons. The number of aromatic nitrogens is 6. The maximum Gasteiger partial charge on any atom is 0.416 e. The largest absolute Gasteiger partial charge is 0.508 e. The van der Waals surface area contributed by atoms with Crippen molar-refractivity contribution in [3.05, 3.63) is 315 Å². The highest BCUT2D eigenvalue weighted by molar-refractivity contribution is 6.01. The van der Waals surface area contributed by atoms with Crippen LogP contribution < -0.4 is 30.6 Å². The van der Waals surface area contributed by atoms with Crippen LogP contribution in [0.25, 0.3) is 133 Å². The molecule has 19 rings (SSSR count). The van der Waals surface area contributed by atoms with Crippen molar-refractivity contribution in [2.24, 2.45) is 0 Å². The third-order valence-electron chi connectivity index (χ3n) is 25.1. The Kier molecular flexibility index (Phi) is 30.7. The van der Waals surface area contributed by atoms with E-state index in [0.717, 1.165) is 95.2 Å². The predicted octanol–water partition coefficient (Wildman–Crippen LogP) is 30.0. The molecule has 0 spiro atoms. The highest BCUT2D eigenvalue weighted by Crippen LogP contribution is 2.48. The number of methoxy groups -OCH3 is 1. The van der Waals surface area contributed by atoms with Gasteiger partial charge in [0.25, 0.3) is 0 Å². The summed E-state index contributed by atoms with van der Waals surface area (Å²) in [5.74, 6) is 1.90. The Morgan fingerprint density at radius 1 is 0.295 bits per heavy atom. The zero-order valence-electron chi connectivity index (χ0n) is 80.6. The number of aryl methyl sites for hydroxylation is 6. The summed E-state index contributed by atoms with van der Waals surface area (Å²) in [7, 11) is 5.41. The number of benzene rings is 12. The third kappa shape index (κ3) is 21.5. The number of anilines is 3. The average Bonchev–Trinajstić information content (AvgIpc) is 1.60. The van der Waals surface area contributed by atoms with Crippen LogP contribution >= 0.6 is 0 Å². The van der Waals surface area contributed by atoms with Crippen LogP contribution in [-0.4, -0.2) is 60.5 Å². The Bertz CT molecular complexity index is 8240. The molecule has 7 heterocycles. The van der Waals surface area contributed by atoms with Gasteiger partial charge < -0.3 is 63.1 Å². The molecule has 12 aromatic carbocycles. The van der Waals surface area contributed by atoms with Gasteiger partial charge in [0.1, 0.15) is 47.9 Å². The van der Waals surface area contributed by atoms with Crippen LogP contribution in [0.5, 0.6) is 23.0 Å². The summed E-state index contributed by atoms with van der Waals surface area (Å²) < 4.78 is 261. The van der Waals surface area contributed by atoms with E-state index in [1.165, 1.54) is 48.5 Å². The van der Waals surface area contributed by atoms with Crippen molar-refractivity contribution in [1.29, 1.82) is 31.6 Å². The molecule has 0 aliphatic carbocycles. The lowest BCUT2D eigenvalue weighted by Crippen LogP contribution is -2.08. The first-order valence-corrected chi connectivity index (χ1v) is 45.9. The van der Waals surface area contributed by atoms with Crippen molar-refractivity contribution < 1.29 is 98.3 Å². The van der Waals surface area contributed by atoms with Gasteiger partial charge in [-0.1, -0.05) is 72.8 Å². The Balaban J connectivity index is 0.000000141. The molecule has 37 heteroatoms. The average molecular weight is 2050 g/mol. The van der Waals surface area contributed by atoms with E-state index in [9.17, 15) is 116 Å². The van der Waals surface area contributed by atoms with Gasteiger partial charge >= 0.3 is 37.1 Å². The standard InChI is InChI=1S/C20H18F3N3.C19H13F3N2O2.C19H15F3N2O.2C18H14F3N3.C18H13F3N2O/c1-4-26-18-11-14(20(21,22)23)7-10-16(18)17(12-24)19(26)13-5-8-15(9-6-13)25(2)3;1-2-24-15-8-12(19(20,21)22)4-5-13(15)14(9-23)18(24)11-3-6-16-17(7-11)26-10-25-16;1-3-24-17-10-13(19(20,21)22)6-9-15(17)16(11-23)18(24)12-4-7-14(25-2)8-5-12;1-2-24-16-9-12(18(19,20)21)5-8-14(16)15(10-22)17(24)11-3-6-13(23)7-4-11;1-2-24-16-9-12(18(19,20)21)6-7-14(16)15(10-22)17(24)11-4-3-5-13(23)8-11;1-2-23-16-9-12(18(19,20)21)5-8-14(16)15(10-22)17(23)11-3-6-13(24)7-4-11/h5-11H,4H2,1-3H3;3-8H,2,10H2,1H3;4-10H,3H2,1-2H3;2*3-9H,2,23H2,1H3;3-9,24H,2H2,1H3. The van der Waals surface area contributed by atoms with Gasteiger partial charge in [0, 0.05) is 114 Å². The quantitative estimate of drug-likeness (QED) is 0.0675. The van der Waals surface area contributed by atoms with Crippen molar-refractivity contribution in [2.75, 3.05) is 44.4 Å². The van der Waals surface area contributed by atoms with Gasteiger partial charge in [-0.3, -0.25) is 0 Å². The highest BCUT2D eigenvalue weighted by atomic mass is 19.4. The number of nitrogens with two attached hydrogens (primary N) is 2. The van der Waals surface area contributed by atoms with E-state index in [4.69, 9.17) is 25.7 Å². The third-order valence-corrected chi connectivity index (χ3v) is 25.1. The second kappa shape index (κ2) is 42.8. The van der Waals surface area contributed by atoms with Crippen molar-refractivity contribution in [2.45, 2.75) is 118 Å². The molecule has 0 bridgehead atoms. The molecule has 0 atom stereocenters. The molecular weight excluding hydrogens is 1960 g/mol. The predicted molar refractivity (Wildman–Crippen MR) is 534 cm³/mol. The Morgan fingerprint density at radius 3 is 0.785 bits per heavy atom. The molecule has 1 aliphatic rings. The summed E-state index contributed by atoms with van der Waals surface area (Å²) in [6.45, 7) is 13.7. The summed E-state index contributed by atoms with van der Waals surface area (Å²) in [4.78, 5) is 1.96. The van der Waals surface area contributed by atoms with E-state index in [0.29, 0.717) is 218 Å². The van der Waals surface area contributed by atoms with E-state index in [1.807, 2.05) is 84.8 Å². The maximum atomic E-state index is 13.1. The minimum atomic E-state index is -4.44. The summed E-state index contributed by atoms with van der Waals surface area (Å²) in [5.41, 5.74) is 21.7. The smallest absolute Gasteiger partial charge is 0.416 e. The number of fused-ring (bicyclic) bond motifs is 7. The SMILES string of the molecule is CCn1c(-c2ccc(N(C)C)cc2)c(C#N)c2ccc(C(F)(F)F)cc21.CCn1c(-c2ccc(N)cc2)c(C#N)c2ccc(C(F)(F)F)cc21.CCn1c(-c2ccc(O)cc2)c(C#N)c2ccc(C(F)(F)F)cc21.CCn1c(-c2ccc(OC)cc2)c(C#N)c2ccc(C(F)(F)F)cc21.CCn1c(-c2ccc3c(c2)OCO3)c(C#N)c2ccc(C(F)(F)F)cc21.CCn1c(-c2cccc(N)c2)c(C#N)c2ccc(C(F)(F)F)cc21. The van der Waals surface area contributed by atoms with Crippen LogP contribution in [0.15, 0.2) is 249 Å². The van der Waals surface area contributed by atoms with Gasteiger partial charge in [0.15, 0.2) is 11.5 Å².